The predicted octanol–water partition coefficient (Wildman–Crippen LogP) is 3.30. The number of amides is 1. The number of phenolic OH excluding ortho intramolecular Hbond substituents is 1. The molecule has 0 radical (unpaired) electrons. The van der Waals surface area contributed by atoms with E-state index in [2.05, 4.69) is 15.8 Å². The van der Waals surface area contributed by atoms with Crippen molar-refractivity contribution in [2.75, 3.05) is 5.32 Å². The van der Waals surface area contributed by atoms with E-state index in [1.165, 1.54) is 12.3 Å². The van der Waals surface area contributed by atoms with Gasteiger partial charge >= 0.3 is 0 Å². The molecule has 3 N–H and O–H groups in total. The summed E-state index contributed by atoms with van der Waals surface area (Å²) in [4.78, 5) is 12.0. The van der Waals surface area contributed by atoms with Gasteiger partial charge in [-0.1, -0.05) is 29.3 Å². The lowest BCUT2D eigenvalue weighted by Gasteiger charge is -2.13. The van der Waals surface area contributed by atoms with Crippen LogP contribution in [-0.4, -0.2) is 23.3 Å². The predicted molar refractivity (Wildman–Crippen MR) is 93.1 cm³/mol. The quantitative estimate of drug-likeness (QED) is 0.581. The second-order valence-corrected chi connectivity index (χ2v) is 5.61. The van der Waals surface area contributed by atoms with Gasteiger partial charge in [0.1, 0.15) is 11.8 Å². The van der Waals surface area contributed by atoms with Crippen LogP contribution in [0.2, 0.25) is 5.02 Å². The molecule has 23 heavy (non-hydrogen) atoms. The van der Waals surface area contributed by atoms with Crippen LogP contribution >= 0.6 is 11.6 Å². The van der Waals surface area contributed by atoms with Crippen LogP contribution in [-0.2, 0) is 4.79 Å². The van der Waals surface area contributed by atoms with Crippen LogP contribution in [0.5, 0.6) is 5.75 Å². The van der Waals surface area contributed by atoms with E-state index in [-0.39, 0.29) is 11.7 Å². The first kappa shape index (κ1) is 16.8. The van der Waals surface area contributed by atoms with Crippen molar-refractivity contribution in [2.24, 2.45) is 5.10 Å². The van der Waals surface area contributed by atoms with Crippen molar-refractivity contribution in [3.63, 3.8) is 0 Å². The van der Waals surface area contributed by atoms with Crippen molar-refractivity contribution in [2.45, 2.75) is 19.9 Å². The Morgan fingerprint density at radius 2 is 1.96 bits per heavy atom. The Bertz CT molecular complexity index is 714. The van der Waals surface area contributed by atoms with E-state index in [1.807, 2.05) is 31.2 Å². The number of hydrazone groups is 1. The zero-order chi connectivity index (χ0) is 16.8. The Kier molecular flexibility index (Phi) is 5.60. The summed E-state index contributed by atoms with van der Waals surface area (Å²) in [5.41, 5.74) is 4.86. The molecular weight excluding hydrogens is 314 g/mol. The highest BCUT2D eigenvalue weighted by atomic mass is 35.5. The molecule has 0 saturated carbocycles. The van der Waals surface area contributed by atoms with Crippen molar-refractivity contribution in [1.29, 1.82) is 0 Å². The highest BCUT2D eigenvalue weighted by Crippen LogP contribution is 2.19. The highest BCUT2D eigenvalue weighted by molar-refractivity contribution is 6.30. The minimum atomic E-state index is -0.456. The van der Waals surface area contributed by atoms with Gasteiger partial charge in [-0.15, -0.1) is 0 Å². The first-order chi connectivity index (χ1) is 11.0. The Hall–Kier alpha value is -2.53. The molecule has 1 amide bonds. The zero-order valence-corrected chi connectivity index (χ0v) is 13.6. The molecule has 1 unspecified atom stereocenters. The van der Waals surface area contributed by atoms with E-state index < -0.39 is 6.04 Å². The number of nitrogens with zero attached hydrogens (tertiary/aromatic N) is 1. The van der Waals surface area contributed by atoms with Crippen molar-refractivity contribution < 1.29 is 9.90 Å². The van der Waals surface area contributed by atoms with Gasteiger partial charge in [-0.25, -0.2) is 5.43 Å². The number of benzene rings is 2. The molecule has 0 aliphatic carbocycles. The average Bonchev–Trinajstić information content (AvgIpc) is 2.52. The number of aromatic hydroxyl groups is 1. The summed E-state index contributed by atoms with van der Waals surface area (Å²) in [6.45, 7) is 3.74. The number of halogens is 1. The van der Waals surface area contributed by atoms with Crippen LogP contribution in [0.4, 0.5) is 5.69 Å². The van der Waals surface area contributed by atoms with Gasteiger partial charge in [0.2, 0.25) is 0 Å². The molecule has 0 heterocycles. The standard InChI is InChI=1S/C17H18ClN3O2/c1-11-3-6-15(7-4-11)20-12(2)17(23)21-19-10-13-9-14(18)5-8-16(13)22/h3-10,12,20,22H,1-2H3,(H,21,23). The number of nitrogens with one attached hydrogen (secondary N) is 2. The molecule has 2 aromatic carbocycles. The van der Waals surface area contributed by atoms with E-state index in [0.29, 0.717) is 10.6 Å². The second kappa shape index (κ2) is 7.65. The maximum Gasteiger partial charge on any atom is 0.262 e. The number of hydrogen-bond acceptors (Lipinski definition) is 4. The molecule has 1 atom stereocenters. The van der Waals surface area contributed by atoms with E-state index in [0.717, 1.165) is 11.3 Å². The number of hydrogen-bond donors (Lipinski definition) is 3. The summed E-state index contributed by atoms with van der Waals surface area (Å²) in [5, 5.41) is 17.0. The van der Waals surface area contributed by atoms with Gasteiger partial charge in [0.15, 0.2) is 0 Å². The maximum atomic E-state index is 12.0. The average molecular weight is 332 g/mol. The summed E-state index contributed by atoms with van der Waals surface area (Å²) < 4.78 is 0. The molecule has 0 spiro atoms. The molecule has 2 rings (SSSR count). The number of aryl methyl sites for hydroxylation is 1. The van der Waals surface area contributed by atoms with Gasteiger partial charge in [0, 0.05) is 16.3 Å². The third-order valence-corrected chi connectivity index (χ3v) is 3.43. The first-order valence-corrected chi connectivity index (χ1v) is 7.48. The molecule has 0 aromatic heterocycles. The first-order valence-electron chi connectivity index (χ1n) is 7.10. The summed E-state index contributed by atoms with van der Waals surface area (Å²) in [6, 6.07) is 11.9. The smallest absolute Gasteiger partial charge is 0.262 e. The lowest BCUT2D eigenvalue weighted by Crippen LogP contribution is -2.34. The Balaban J connectivity index is 1.92. The summed E-state index contributed by atoms with van der Waals surface area (Å²) >= 11 is 5.84. The molecule has 0 fully saturated rings. The lowest BCUT2D eigenvalue weighted by atomic mass is 10.2. The van der Waals surface area contributed by atoms with E-state index in [9.17, 15) is 9.90 Å². The van der Waals surface area contributed by atoms with E-state index in [1.54, 1.807) is 19.1 Å². The van der Waals surface area contributed by atoms with Gasteiger partial charge < -0.3 is 10.4 Å². The minimum Gasteiger partial charge on any atom is -0.507 e. The van der Waals surface area contributed by atoms with Crippen molar-refractivity contribution in [3.05, 3.63) is 58.6 Å². The third-order valence-electron chi connectivity index (χ3n) is 3.20. The van der Waals surface area contributed by atoms with Gasteiger partial charge in [0.05, 0.1) is 6.21 Å². The SMILES string of the molecule is Cc1ccc(NC(C)C(=O)NN=Cc2cc(Cl)ccc2O)cc1. The fourth-order valence-corrected chi connectivity index (χ4v) is 2.04. The van der Waals surface area contributed by atoms with Crippen molar-refractivity contribution in [3.8, 4) is 5.75 Å². The Morgan fingerprint density at radius 3 is 2.65 bits per heavy atom. The fourth-order valence-electron chi connectivity index (χ4n) is 1.86. The molecule has 0 bridgehead atoms. The molecular formula is C17H18ClN3O2. The zero-order valence-electron chi connectivity index (χ0n) is 12.9. The van der Waals surface area contributed by atoms with Crippen LogP contribution < -0.4 is 10.7 Å². The minimum absolute atomic E-state index is 0.0400. The lowest BCUT2D eigenvalue weighted by molar-refractivity contribution is -0.121. The van der Waals surface area contributed by atoms with Crippen LogP contribution in [0.25, 0.3) is 0 Å². The number of carbonyl (C=O) groups is 1. The van der Waals surface area contributed by atoms with Gasteiger partial charge in [-0.3, -0.25) is 4.79 Å². The molecule has 6 heteroatoms. The topological polar surface area (TPSA) is 73.7 Å². The van der Waals surface area contributed by atoms with Crippen LogP contribution in [0, 0.1) is 6.92 Å². The number of rotatable bonds is 5. The number of anilines is 1. The van der Waals surface area contributed by atoms with Gasteiger partial charge in [-0.2, -0.15) is 5.10 Å². The molecule has 120 valence electrons. The highest BCUT2D eigenvalue weighted by Gasteiger charge is 2.11. The number of carbonyl (C=O) groups excluding carboxylic acids is 1. The second-order valence-electron chi connectivity index (χ2n) is 5.17. The van der Waals surface area contributed by atoms with Gasteiger partial charge in [0.25, 0.3) is 5.91 Å². The normalized spacial score (nSPS) is 12.1. The van der Waals surface area contributed by atoms with E-state index in [4.69, 9.17) is 11.6 Å². The largest absolute Gasteiger partial charge is 0.507 e. The molecule has 0 aliphatic heterocycles. The summed E-state index contributed by atoms with van der Waals surface area (Å²) in [7, 11) is 0. The molecule has 0 aliphatic rings. The van der Waals surface area contributed by atoms with Crippen molar-refractivity contribution in [1.82, 2.24) is 5.43 Å². The maximum absolute atomic E-state index is 12.0. The third kappa shape index (κ3) is 5.00. The summed E-state index contributed by atoms with van der Waals surface area (Å²) in [5.74, 6) is -0.249. The Labute approximate surface area is 140 Å². The molecule has 2 aromatic rings. The van der Waals surface area contributed by atoms with E-state index >= 15 is 0 Å². The molecule has 0 saturated heterocycles. The fraction of sp³-hybridized carbons (Fsp3) is 0.176. The van der Waals surface area contributed by atoms with Crippen LogP contribution in [0.15, 0.2) is 47.6 Å². The monoisotopic (exact) mass is 331 g/mol. The molecule has 5 nitrogen and oxygen atoms in total. The van der Waals surface area contributed by atoms with Gasteiger partial charge in [-0.05, 0) is 44.2 Å². The van der Waals surface area contributed by atoms with Crippen LogP contribution in [0.1, 0.15) is 18.1 Å². The van der Waals surface area contributed by atoms with Crippen molar-refractivity contribution >= 4 is 29.4 Å². The Morgan fingerprint density at radius 1 is 1.26 bits per heavy atom. The number of phenols is 1. The van der Waals surface area contributed by atoms with Crippen LogP contribution in [0.3, 0.4) is 0 Å². The summed E-state index contributed by atoms with van der Waals surface area (Å²) in [6.07, 6.45) is 1.34.